The molecular formula is C11H18ClN3O2S. The van der Waals surface area contributed by atoms with Crippen molar-refractivity contribution in [2.75, 3.05) is 38.9 Å². The predicted octanol–water partition coefficient (Wildman–Crippen LogP) is 1.49. The van der Waals surface area contributed by atoms with Crippen LogP contribution in [0.3, 0.4) is 0 Å². The van der Waals surface area contributed by atoms with Crippen LogP contribution in [0.25, 0.3) is 0 Å². The van der Waals surface area contributed by atoms with E-state index in [1.807, 2.05) is 19.0 Å². The van der Waals surface area contributed by atoms with E-state index in [1.165, 1.54) is 10.7 Å². The van der Waals surface area contributed by atoms with Gasteiger partial charge in [0.05, 0.1) is 11.9 Å². The number of anilines is 1. The lowest BCUT2D eigenvalue weighted by Gasteiger charge is -2.23. The number of hydrazine groups is 1. The highest BCUT2D eigenvalue weighted by molar-refractivity contribution is 7.88. The minimum absolute atomic E-state index is 0.359. The molecule has 0 unspecified atom stereocenters. The maximum absolute atomic E-state index is 11.6. The van der Waals surface area contributed by atoms with Gasteiger partial charge in [-0.3, -0.25) is 0 Å². The van der Waals surface area contributed by atoms with Gasteiger partial charge >= 0.3 is 0 Å². The molecule has 1 aromatic rings. The fourth-order valence-corrected chi connectivity index (χ4v) is 2.17. The van der Waals surface area contributed by atoms with Crippen LogP contribution >= 0.6 is 11.6 Å². The second kappa shape index (κ2) is 6.38. The maximum Gasteiger partial charge on any atom is 0.228 e. The van der Waals surface area contributed by atoms with Crippen molar-refractivity contribution in [3.63, 3.8) is 0 Å². The molecule has 0 aliphatic rings. The number of nitrogens with zero attached hydrogens (tertiary/aromatic N) is 2. The molecule has 0 heterocycles. The molecule has 0 amide bonds. The van der Waals surface area contributed by atoms with Crippen LogP contribution in [0.15, 0.2) is 24.3 Å². The summed E-state index contributed by atoms with van der Waals surface area (Å²) in [5, 5.41) is 0.557. The van der Waals surface area contributed by atoms with Crippen molar-refractivity contribution >= 4 is 27.3 Å². The van der Waals surface area contributed by atoms with Crippen LogP contribution in [0, 0.1) is 0 Å². The number of likely N-dealkylation sites (N-methyl/N-ethyl adjacent to an activating group) is 1. The van der Waals surface area contributed by atoms with Crippen molar-refractivity contribution in [2.24, 2.45) is 0 Å². The van der Waals surface area contributed by atoms with E-state index in [2.05, 4.69) is 5.43 Å². The highest BCUT2D eigenvalue weighted by atomic mass is 35.5. The number of rotatable bonds is 6. The highest BCUT2D eigenvalue weighted by Crippen LogP contribution is 2.16. The maximum atomic E-state index is 11.6. The van der Waals surface area contributed by atoms with Gasteiger partial charge in [-0.1, -0.05) is 17.7 Å². The molecule has 0 atom stereocenters. The molecule has 1 aromatic carbocycles. The third-order valence-corrected chi connectivity index (χ3v) is 3.54. The summed E-state index contributed by atoms with van der Waals surface area (Å²) in [6, 6.07) is 6.93. The lowest BCUT2D eigenvalue weighted by Crippen LogP contribution is -2.40. The van der Waals surface area contributed by atoms with E-state index in [0.29, 0.717) is 23.8 Å². The zero-order valence-corrected chi connectivity index (χ0v) is 12.3. The quantitative estimate of drug-likeness (QED) is 0.807. The molecule has 102 valence electrons. The standard InChI is InChI=1S/C11H18ClN3O2S/c1-14(2)7-8-15(18(3,16)17)13-11-6-4-5-10(12)9-11/h4-6,9,13H,7-8H2,1-3H3. The lowest BCUT2D eigenvalue weighted by molar-refractivity contribution is 0.358. The Morgan fingerprint density at radius 3 is 2.44 bits per heavy atom. The van der Waals surface area contributed by atoms with Gasteiger partial charge in [0.15, 0.2) is 0 Å². The van der Waals surface area contributed by atoms with Gasteiger partial charge in [-0.05, 0) is 32.3 Å². The van der Waals surface area contributed by atoms with Gasteiger partial charge in [-0.25, -0.2) is 8.42 Å². The lowest BCUT2D eigenvalue weighted by atomic mass is 10.3. The Kier molecular flexibility index (Phi) is 5.40. The smallest absolute Gasteiger partial charge is 0.228 e. The molecule has 0 spiro atoms. The summed E-state index contributed by atoms with van der Waals surface area (Å²) in [6.07, 6.45) is 1.17. The third-order valence-electron chi connectivity index (χ3n) is 2.23. The van der Waals surface area contributed by atoms with Gasteiger partial charge in [0.2, 0.25) is 10.0 Å². The molecule has 1 N–H and O–H groups in total. The number of halogens is 1. The number of hydrogen-bond acceptors (Lipinski definition) is 4. The van der Waals surface area contributed by atoms with E-state index in [1.54, 1.807) is 24.3 Å². The van der Waals surface area contributed by atoms with Crippen molar-refractivity contribution in [1.82, 2.24) is 9.31 Å². The van der Waals surface area contributed by atoms with Crippen molar-refractivity contribution in [1.29, 1.82) is 0 Å². The van der Waals surface area contributed by atoms with E-state index in [4.69, 9.17) is 11.6 Å². The van der Waals surface area contributed by atoms with E-state index in [9.17, 15) is 8.42 Å². The van der Waals surface area contributed by atoms with Crippen LogP contribution in [-0.2, 0) is 10.0 Å². The van der Waals surface area contributed by atoms with E-state index < -0.39 is 10.0 Å². The second-order valence-electron chi connectivity index (χ2n) is 4.26. The fourth-order valence-electron chi connectivity index (χ4n) is 1.30. The molecule has 0 fully saturated rings. The number of sulfonamides is 1. The molecule has 18 heavy (non-hydrogen) atoms. The SMILES string of the molecule is CN(C)CCN(Nc1cccc(Cl)c1)S(C)(=O)=O. The van der Waals surface area contributed by atoms with Crippen LogP contribution in [0.4, 0.5) is 5.69 Å². The summed E-state index contributed by atoms with van der Waals surface area (Å²) in [4.78, 5) is 1.91. The molecule has 0 bridgehead atoms. The molecule has 0 radical (unpaired) electrons. The first-order chi connectivity index (χ1) is 8.29. The van der Waals surface area contributed by atoms with Crippen LogP contribution in [0.1, 0.15) is 0 Å². The largest absolute Gasteiger partial charge is 0.308 e. The molecule has 0 saturated heterocycles. The van der Waals surface area contributed by atoms with E-state index in [0.717, 1.165) is 0 Å². The van der Waals surface area contributed by atoms with E-state index in [-0.39, 0.29) is 0 Å². The molecule has 7 heteroatoms. The molecule has 0 saturated carbocycles. The molecule has 5 nitrogen and oxygen atoms in total. The average molecular weight is 292 g/mol. The van der Waals surface area contributed by atoms with Gasteiger partial charge in [0, 0.05) is 18.1 Å². The molecule has 1 rings (SSSR count). The Labute approximate surface area is 113 Å². The van der Waals surface area contributed by atoms with E-state index >= 15 is 0 Å². The second-order valence-corrected chi connectivity index (χ2v) is 6.60. The fraction of sp³-hybridized carbons (Fsp3) is 0.455. The van der Waals surface area contributed by atoms with Crippen molar-refractivity contribution < 1.29 is 8.42 Å². The molecule has 0 aliphatic carbocycles. The third kappa shape index (κ3) is 5.22. The van der Waals surface area contributed by atoms with Gasteiger partial charge in [-0.2, -0.15) is 0 Å². The first-order valence-electron chi connectivity index (χ1n) is 5.43. The summed E-state index contributed by atoms with van der Waals surface area (Å²) in [5.41, 5.74) is 3.49. The van der Waals surface area contributed by atoms with Crippen LogP contribution in [0.5, 0.6) is 0 Å². The number of nitrogens with one attached hydrogen (secondary N) is 1. The zero-order valence-electron chi connectivity index (χ0n) is 10.7. The first-order valence-corrected chi connectivity index (χ1v) is 7.66. The Balaban J connectivity index is 2.79. The molecule has 0 aliphatic heterocycles. The summed E-state index contributed by atoms with van der Waals surface area (Å²) >= 11 is 5.85. The summed E-state index contributed by atoms with van der Waals surface area (Å²) in [5.74, 6) is 0. The van der Waals surface area contributed by atoms with Gasteiger partial charge in [-0.15, -0.1) is 4.41 Å². The molecular weight excluding hydrogens is 274 g/mol. The molecule has 0 aromatic heterocycles. The Bertz CT molecular complexity index is 491. The minimum Gasteiger partial charge on any atom is -0.308 e. The summed E-state index contributed by atoms with van der Waals surface area (Å²) in [7, 11) is 0.458. The Morgan fingerprint density at radius 1 is 1.28 bits per heavy atom. The van der Waals surface area contributed by atoms with Crippen LogP contribution < -0.4 is 5.43 Å². The first kappa shape index (κ1) is 15.2. The Hall–Kier alpha value is -0.820. The number of benzene rings is 1. The normalized spacial score (nSPS) is 12.1. The highest BCUT2D eigenvalue weighted by Gasteiger charge is 2.16. The van der Waals surface area contributed by atoms with Crippen molar-refractivity contribution in [2.45, 2.75) is 0 Å². The summed E-state index contributed by atoms with van der Waals surface area (Å²) in [6.45, 7) is 0.985. The minimum atomic E-state index is -3.32. The zero-order chi connectivity index (χ0) is 13.8. The monoisotopic (exact) mass is 291 g/mol. The average Bonchev–Trinajstić information content (AvgIpc) is 2.22. The van der Waals surface area contributed by atoms with Crippen LogP contribution in [-0.4, -0.2) is 51.2 Å². The van der Waals surface area contributed by atoms with Gasteiger partial charge < -0.3 is 10.3 Å². The van der Waals surface area contributed by atoms with Gasteiger partial charge in [0.1, 0.15) is 0 Å². The van der Waals surface area contributed by atoms with Crippen molar-refractivity contribution in [3.8, 4) is 0 Å². The van der Waals surface area contributed by atoms with Crippen molar-refractivity contribution in [3.05, 3.63) is 29.3 Å². The van der Waals surface area contributed by atoms with Crippen LogP contribution in [0.2, 0.25) is 5.02 Å². The summed E-state index contributed by atoms with van der Waals surface area (Å²) < 4.78 is 24.5. The Morgan fingerprint density at radius 2 is 1.94 bits per heavy atom. The topological polar surface area (TPSA) is 52.6 Å². The number of hydrogen-bond donors (Lipinski definition) is 1. The van der Waals surface area contributed by atoms with Gasteiger partial charge in [0.25, 0.3) is 0 Å². The predicted molar refractivity (Wildman–Crippen MR) is 75.2 cm³/mol.